The van der Waals surface area contributed by atoms with Crippen LogP contribution in [-0.2, 0) is 6.54 Å². The normalized spacial score (nSPS) is 18.3. The highest BCUT2D eigenvalue weighted by Gasteiger charge is 2.35. The second-order valence-corrected chi connectivity index (χ2v) is 6.10. The Morgan fingerprint density at radius 3 is 2.43 bits per heavy atom. The summed E-state index contributed by atoms with van der Waals surface area (Å²) in [6.07, 6.45) is 1.90. The summed E-state index contributed by atoms with van der Waals surface area (Å²) in [6.45, 7) is 5.64. The number of hydrogen-bond acceptors (Lipinski definition) is 6. The predicted molar refractivity (Wildman–Crippen MR) is 81.8 cm³/mol. The van der Waals surface area contributed by atoms with E-state index in [1.165, 1.54) is 0 Å². The van der Waals surface area contributed by atoms with Crippen molar-refractivity contribution in [2.75, 3.05) is 52.3 Å². The van der Waals surface area contributed by atoms with E-state index < -0.39 is 0 Å². The largest absolute Gasteiger partial charge is 0.467 e. The van der Waals surface area contributed by atoms with Crippen LogP contribution in [0.4, 0.5) is 5.95 Å². The van der Waals surface area contributed by atoms with Gasteiger partial charge < -0.3 is 19.6 Å². The third-order valence-electron chi connectivity index (χ3n) is 4.20. The van der Waals surface area contributed by atoms with E-state index in [0.29, 0.717) is 6.01 Å². The Morgan fingerprint density at radius 2 is 2.00 bits per heavy atom. The van der Waals surface area contributed by atoms with Gasteiger partial charge in [-0.05, 0) is 33.9 Å². The van der Waals surface area contributed by atoms with Crippen molar-refractivity contribution in [1.82, 2.24) is 19.7 Å². The highest BCUT2D eigenvalue weighted by Crippen LogP contribution is 2.33. The molecule has 21 heavy (non-hydrogen) atoms. The molecule has 0 spiro atoms. The van der Waals surface area contributed by atoms with Crippen molar-refractivity contribution >= 4 is 5.95 Å². The molecule has 0 radical (unpaired) electrons. The average Bonchev–Trinajstić information content (AvgIpc) is 2.90. The molecule has 1 aliphatic heterocycles. The van der Waals surface area contributed by atoms with Gasteiger partial charge in [-0.1, -0.05) is 0 Å². The molecular formula is C14H27N5O2. The second-order valence-electron chi connectivity index (χ2n) is 6.10. The molecule has 1 N–H and O–H groups in total. The fourth-order valence-corrected chi connectivity index (χ4v) is 3.03. The van der Waals surface area contributed by atoms with Gasteiger partial charge in [0, 0.05) is 31.6 Å². The summed E-state index contributed by atoms with van der Waals surface area (Å²) in [5, 5.41) is 14.3. The van der Waals surface area contributed by atoms with Crippen molar-refractivity contribution in [1.29, 1.82) is 0 Å². The number of nitrogens with zero attached hydrogens (tertiary/aromatic N) is 5. The van der Waals surface area contributed by atoms with Gasteiger partial charge in [-0.3, -0.25) is 0 Å². The van der Waals surface area contributed by atoms with E-state index in [1.807, 2.05) is 6.92 Å². The smallest absolute Gasteiger partial charge is 0.316 e. The van der Waals surface area contributed by atoms with Crippen LogP contribution in [0.2, 0.25) is 0 Å². The lowest BCUT2D eigenvalue weighted by Crippen LogP contribution is -2.47. The molecule has 1 aromatic heterocycles. The van der Waals surface area contributed by atoms with Crippen LogP contribution < -0.4 is 9.64 Å². The van der Waals surface area contributed by atoms with Crippen molar-refractivity contribution in [3.63, 3.8) is 0 Å². The Morgan fingerprint density at radius 1 is 1.33 bits per heavy atom. The number of aliphatic hydroxyl groups excluding tert-OH is 1. The van der Waals surface area contributed by atoms with Crippen LogP contribution in [0.1, 0.15) is 19.8 Å². The van der Waals surface area contributed by atoms with Gasteiger partial charge in [0.2, 0.25) is 5.95 Å². The van der Waals surface area contributed by atoms with E-state index in [0.717, 1.165) is 45.0 Å². The zero-order valence-electron chi connectivity index (χ0n) is 13.5. The number of rotatable bonds is 6. The number of methoxy groups -OCH3 is 1. The first-order valence-electron chi connectivity index (χ1n) is 7.53. The van der Waals surface area contributed by atoms with Crippen molar-refractivity contribution in [3.05, 3.63) is 0 Å². The highest BCUT2D eigenvalue weighted by atomic mass is 16.5. The Hall–Kier alpha value is -1.34. The van der Waals surface area contributed by atoms with E-state index in [-0.39, 0.29) is 12.0 Å². The molecule has 0 atom stereocenters. The van der Waals surface area contributed by atoms with Crippen LogP contribution in [0.5, 0.6) is 6.01 Å². The van der Waals surface area contributed by atoms with E-state index in [1.54, 1.807) is 11.8 Å². The monoisotopic (exact) mass is 297 g/mol. The van der Waals surface area contributed by atoms with Crippen molar-refractivity contribution in [2.24, 2.45) is 5.41 Å². The van der Waals surface area contributed by atoms with Gasteiger partial charge in [0.15, 0.2) is 0 Å². The summed E-state index contributed by atoms with van der Waals surface area (Å²) >= 11 is 0. The molecule has 1 saturated heterocycles. The van der Waals surface area contributed by atoms with Gasteiger partial charge in [-0.25, -0.2) is 4.68 Å². The SMILES string of the molecule is CCn1nc(N2CCC(CO)(CN(C)C)CC2)nc1OC. The number of anilines is 1. The van der Waals surface area contributed by atoms with E-state index >= 15 is 0 Å². The van der Waals surface area contributed by atoms with Crippen LogP contribution in [-0.4, -0.2) is 72.2 Å². The summed E-state index contributed by atoms with van der Waals surface area (Å²) in [4.78, 5) is 8.77. The molecular weight excluding hydrogens is 270 g/mol. The maximum atomic E-state index is 9.77. The maximum absolute atomic E-state index is 9.77. The molecule has 2 rings (SSSR count). The number of aryl methyl sites for hydroxylation is 1. The van der Waals surface area contributed by atoms with Gasteiger partial charge in [0.05, 0.1) is 13.7 Å². The molecule has 1 aromatic rings. The Kier molecular flexibility index (Phi) is 5.05. The Labute approximate surface area is 126 Å². The van der Waals surface area contributed by atoms with Gasteiger partial charge in [0.25, 0.3) is 0 Å². The number of aromatic nitrogens is 3. The molecule has 1 aliphatic rings. The predicted octanol–water partition coefficient (Wildman–Crippen LogP) is 0.447. The molecule has 1 fully saturated rings. The first-order chi connectivity index (χ1) is 10.0. The van der Waals surface area contributed by atoms with Gasteiger partial charge in [-0.15, -0.1) is 5.10 Å². The quantitative estimate of drug-likeness (QED) is 0.822. The van der Waals surface area contributed by atoms with Gasteiger partial charge in [-0.2, -0.15) is 4.98 Å². The number of ether oxygens (including phenoxy) is 1. The Balaban J connectivity index is 2.04. The second kappa shape index (κ2) is 6.62. The van der Waals surface area contributed by atoms with E-state index in [9.17, 15) is 5.11 Å². The lowest BCUT2D eigenvalue weighted by Gasteiger charge is -2.41. The fourth-order valence-electron chi connectivity index (χ4n) is 3.03. The minimum Gasteiger partial charge on any atom is -0.467 e. The van der Waals surface area contributed by atoms with Crippen LogP contribution in [0.25, 0.3) is 0 Å². The Bertz CT molecular complexity index is 431. The fraction of sp³-hybridized carbons (Fsp3) is 0.857. The average molecular weight is 297 g/mol. The van der Waals surface area contributed by atoms with Gasteiger partial charge >= 0.3 is 6.01 Å². The molecule has 7 nitrogen and oxygen atoms in total. The minimum absolute atomic E-state index is 0.00257. The zero-order valence-corrected chi connectivity index (χ0v) is 13.5. The molecule has 0 unspecified atom stereocenters. The maximum Gasteiger partial charge on any atom is 0.316 e. The molecule has 2 heterocycles. The summed E-state index contributed by atoms with van der Waals surface area (Å²) in [7, 11) is 5.72. The number of aliphatic hydroxyl groups is 1. The molecule has 0 aliphatic carbocycles. The molecule has 0 aromatic carbocycles. The van der Waals surface area contributed by atoms with Crippen molar-refractivity contribution in [2.45, 2.75) is 26.3 Å². The van der Waals surface area contributed by atoms with Crippen LogP contribution >= 0.6 is 0 Å². The molecule has 7 heteroatoms. The zero-order chi connectivity index (χ0) is 15.5. The standard InChI is InChI=1S/C14H27N5O2/c1-5-19-13(21-4)15-12(16-19)18-8-6-14(11-20,7-9-18)10-17(2)3/h20H,5-11H2,1-4H3. The molecule has 0 saturated carbocycles. The molecule has 0 bridgehead atoms. The van der Waals surface area contributed by atoms with Crippen LogP contribution in [0.15, 0.2) is 0 Å². The third kappa shape index (κ3) is 3.47. The highest BCUT2D eigenvalue weighted by molar-refractivity contribution is 5.31. The summed E-state index contributed by atoms with van der Waals surface area (Å²) < 4.78 is 7.01. The first kappa shape index (κ1) is 16.0. The minimum atomic E-state index is -0.00257. The summed E-state index contributed by atoms with van der Waals surface area (Å²) in [5.74, 6) is 0.727. The van der Waals surface area contributed by atoms with Crippen LogP contribution in [0, 0.1) is 5.41 Å². The molecule has 0 amide bonds. The number of hydrogen-bond donors (Lipinski definition) is 1. The summed E-state index contributed by atoms with van der Waals surface area (Å²) in [6, 6.07) is 0.555. The van der Waals surface area contributed by atoms with E-state index in [4.69, 9.17) is 4.74 Å². The van der Waals surface area contributed by atoms with Crippen molar-refractivity contribution in [3.8, 4) is 6.01 Å². The topological polar surface area (TPSA) is 66.7 Å². The first-order valence-corrected chi connectivity index (χ1v) is 7.53. The molecule has 120 valence electrons. The number of piperidine rings is 1. The third-order valence-corrected chi connectivity index (χ3v) is 4.20. The lowest BCUT2D eigenvalue weighted by atomic mass is 9.79. The van der Waals surface area contributed by atoms with Crippen LogP contribution in [0.3, 0.4) is 0 Å². The summed E-state index contributed by atoms with van der Waals surface area (Å²) in [5.41, 5.74) is -0.00257. The van der Waals surface area contributed by atoms with Crippen molar-refractivity contribution < 1.29 is 9.84 Å². The lowest BCUT2D eigenvalue weighted by molar-refractivity contribution is 0.0674. The van der Waals surface area contributed by atoms with Gasteiger partial charge in [0.1, 0.15) is 0 Å². The van der Waals surface area contributed by atoms with E-state index in [2.05, 4.69) is 34.0 Å².